The summed E-state index contributed by atoms with van der Waals surface area (Å²) >= 11 is 3.85. The normalized spacial score (nSPS) is 24.3. The molecule has 1 heterocycles. The molecule has 2 nitrogen and oxygen atoms in total. The Bertz CT molecular complexity index is 233. The maximum atomic E-state index is 5.92. The van der Waals surface area contributed by atoms with Crippen molar-refractivity contribution in [1.82, 2.24) is 4.90 Å². The standard InChI is InChI=1S/C15H32BrNOSi/c1-19(2,3)13-12-18-14-17-11-9-7-5-4-6-8-10-15(17)16/h15H,4-14H2,1-3H3. The molecule has 0 aromatic rings. The number of nitrogens with zero attached hydrogens (tertiary/aromatic N) is 1. The minimum absolute atomic E-state index is 0.512. The molecule has 0 aromatic carbocycles. The highest BCUT2D eigenvalue weighted by atomic mass is 79.9. The van der Waals surface area contributed by atoms with Gasteiger partial charge in [-0.1, -0.05) is 67.7 Å². The Hall–Kier alpha value is 0.617. The first-order valence-corrected chi connectivity index (χ1v) is 12.6. The average Bonchev–Trinajstić information content (AvgIpc) is 2.33. The van der Waals surface area contributed by atoms with Gasteiger partial charge in [-0.2, -0.15) is 0 Å². The van der Waals surface area contributed by atoms with Crippen LogP contribution in [-0.2, 0) is 4.74 Å². The van der Waals surface area contributed by atoms with Gasteiger partial charge in [0.1, 0.15) is 0 Å². The lowest BCUT2D eigenvalue weighted by atomic mass is 10.1. The Kier molecular flexibility index (Phi) is 8.87. The van der Waals surface area contributed by atoms with E-state index in [4.69, 9.17) is 4.74 Å². The van der Waals surface area contributed by atoms with E-state index in [1.165, 1.54) is 57.5 Å². The first-order chi connectivity index (χ1) is 8.99. The van der Waals surface area contributed by atoms with Crippen molar-refractivity contribution >= 4 is 24.0 Å². The van der Waals surface area contributed by atoms with Crippen LogP contribution in [0.3, 0.4) is 0 Å². The van der Waals surface area contributed by atoms with Crippen LogP contribution in [0.5, 0.6) is 0 Å². The zero-order chi connectivity index (χ0) is 14.1. The van der Waals surface area contributed by atoms with E-state index in [2.05, 4.69) is 40.5 Å². The molecule has 1 rings (SSSR count). The van der Waals surface area contributed by atoms with Crippen molar-refractivity contribution in [2.24, 2.45) is 0 Å². The second kappa shape index (κ2) is 9.53. The van der Waals surface area contributed by atoms with Crippen molar-refractivity contribution in [3.8, 4) is 0 Å². The fraction of sp³-hybridized carbons (Fsp3) is 1.00. The molecule has 0 aliphatic carbocycles. The largest absolute Gasteiger partial charge is 0.366 e. The molecule has 0 aromatic heterocycles. The Morgan fingerprint density at radius 2 is 1.68 bits per heavy atom. The first kappa shape index (κ1) is 17.7. The Morgan fingerprint density at radius 3 is 2.37 bits per heavy atom. The van der Waals surface area contributed by atoms with E-state index in [1.807, 2.05) is 0 Å². The lowest BCUT2D eigenvalue weighted by Gasteiger charge is -2.29. The molecule has 0 saturated carbocycles. The van der Waals surface area contributed by atoms with Crippen LogP contribution in [-0.4, -0.2) is 37.8 Å². The summed E-state index contributed by atoms with van der Waals surface area (Å²) < 4.78 is 5.92. The number of rotatable bonds is 5. The van der Waals surface area contributed by atoms with Crippen molar-refractivity contribution in [3.05, 3.63) is 0 Å². The van der Waals surface area contributed by atoms with E-state index >= 15 is 0 Å². The summed E-state index contributed by atoms with van der Waals surface area (Å²) in [6, 6.07) is 1.27. The van der Waals surface area contributed by atoms with Gasteiger partial charge in [-0.05, 0) is 18.9 Å². The Morgan fingerprint density at radius 1 is 1.05 bits per heavy atom. The molecule has 1 fully saturated rings. The third-order valence-corrected chi connectivity index (χ3v) is 6.53. The van der Waals surface area contributed by atoms with E-state index in [-0.39, 0.29) is 0 Å². The maximum absolute atomic E-state index is 5.92. The van der Waals surface area contributed by atoms with Gasteiger partial charge in [-0.25, -0.2) is 0 Å². The summed E-state index contributed by atoms with van der Waals surface area (Å²) in [6.07, 6.45) is 9.54. The molecule has 1 atom stereocenters. The van der Waals surface area contributed by atoms with E-state index in [1.54, 1.807) is 0 Å². The van der Waals surface area contributed by atoms with Gasteiger partial charge >= 0.3 is 0 Å². The molecule has 4 heteroatoms. The maximum Gasteiger partial charge on any atom is 0.0998 e. The number of halogens is 1. The number of hydrogen-bond donors (Lipinski definition) is 0. The monoisotopic (exact) mass is 349 g/mol. The van der Waals surface area contributed by atoms with Gasteiger partial charge in [-0.3, -0.25) is 4.90 Å². The quantitative estimate of drug-likeness (QED) is 0.297. The Balaban J connectivity index is 2.26. The smallest absolute Gasteiger partial charge is 0.0998 e. The summed E-state index contributed by atoms with van der Waals surface area (Å²) in [4.78, 5) is 2.99. The third-order valence-electron chi connectivity index (χ3n) is 3.79. The van der Waals surface area contributed by atoms with E-state index in [0.717, 1.165) is 13.3 Å². The predicted octanol–water partition coefficient (Wildman–Crippen LogP) is 5.07. The van der Waals surface area contributed by atoms with Crippen LogP contribution < -0.4 is 0 Å². The second-order valence-corrected chi connectivity index (χ2v) is 13.7. The van der Waals surface area contributed by atoms with Crippen LogP contribution >= 0.6 is 15.9 Å². The minimum Gasteiger partial charge on any atom is -0.366 e. The lowest BCUT2D eigenvalue weighted by Crippen LogP contribution is -2.35. The first-order valence-electron chi connectivity index (χ1n) is 7.95. The van der Waals surface area contributed by atoms with Gasteiger partial charge in [0.25, 0.3) is 0 Å². The summed E-state index contributed by atoms with van der Waals surface area (Å²) in [6.45, 7) is 10.2. The predicted molar refractivity (Wildman–Crippen MR) is 90.7 cm³/mol. The van der Waals surface area contributed by atoms with Crippen molar-refractivity contribution in [2.75, 3.05) is 19.9 Å². The van der Waals surface area contributed by atoms with E-state index in [0.29, 0.717) is 4.95 Å². The van der Waals surface area contributed by atoms with Gasteiger partial charge in [0.15, 0.2) is 0 Å². The highest BCUT2D eigenvalue weighted by Crippen LogP contribution is 2.20. The molecule has 0 spiro atoms. The fourth-order valence-electron chi connectivity index (χ4n) is 2.36. The van der Waals surface area contributed by atoms with Crippen LogP contribution in [0.1, 0.15) is 44.9 Å². The van der Waals surface area contributed by atoms with Crippen LogP contribution in [0.15, 0.2) is 0 Å². The van der Waals surface area contributed by atoms with Gasteiger partial charge in [0.2, 0.25) is 0 Å². The van der Waals surface area contributed by atoms with E-state index < -0.39 is 8.07 Å². The van der Waals surface area contributed by atoms with Crippen molar-refractivity contribution < 1.29 is 4.74 Å². The summed E-state index contributed by atoms with van der Waals surface area (Å²) in [5.41, 5.74) is 0. The average molecular weight is 350 g/mol. The van der Waals surface area contributed by atoms with Gasteiger partial charge in [-0.15, -0.1) is 0 Å². The van der Waals surface area contributed by atoms with Crippen molar-refractivity contribution in [2.45, 2.75) is 75.6 Å². The Labute approximate surface area is 129 Å². The molecule has 19 heavy (non-hydrogen) atoms. The molecule has 1 aliphatic heterocycles. The molecule has 1 saturated heterocycles. The minimum atomic E-state index is -0.949. The molecule has 0 bridgehead atoms. The zero-order valence-electron chi connectivity index (χ0n) is 13.1. The molecular weight excluding hydrogens is 318 g/mol. The third kappa shape index (κ3) is 9.22. The summed E-state index contributed by atoms with van der Waals surface area (Å²) in [5.74, 6) is 0. The number of hydrogen-bond acceptors (Lipinski definition) is 2. The molecule has 114 valence electrons. The number of alkyl halides is 1. The summed E-state index contributed by atoms with van der Waals surface area (Å²) in [5, 5.41) is 0. The van der Waals surface area contributed by atoms with E-state index in [9.17, 15) is 0 Å². The van der Waals surface area contributed by atoms with Crippen LogP contribution in [0.25, 0.3) is 0 Å². The zero-order valence-corrected chi connectivity index (χ0v) is 15.7. The highest BCUT2D eigenvalue weighted by molar-refractivity contribution is 9.09. The van der Waals surface area contributed by atoms with Gasteiger partial charge < -0.3 is 4.74 Å². The fourth-order valence-corrected chi connectivity index (χ4v) is 3.77. The molecular formula is C15H32BrNOSi. The van der Waals surface area contributed by atoms with Crippen LogP contribution in [0.2, 0.25) is 25.7 Å². The van der Waals surface area contributed by atoms with Crippen LogP contribution in [0, 0.1) is 0 Å². The molecule has 0 radical (unpaired) electrons. The van der Waals surface area contributed by atoms with Crippen LogP contribution in [0.4, 0.5) is 0 Å². The molecule has 1 aliphatic rings. The van der Waals surface area contributed by atoms with Gasteiger partial charge in [0.05, 0.1) is 11.7 Å². The molecule has 0 N–H and O–H groups in total. The summed E-state index contributed by atoms with van der Waals surface area (Å²) in [7, 11) is -0.949. The van der Waals surface area contributed by atoms with Crippen molar-refractivity contribution in [3.63, 3.8) is 0 Å². The highest BCUT2D eigenvalue weighted by Gasteiger charge is 2.17. The molecule has 1 unspecified atom stereocenters. The SMILES string of the molecule is C[Si](C)(C)CCOCN1CCCCCCCCC1Br. The molecule has 0 amide bonds. The lowest BCUT2D eigenvalue weighted by molar-refractivity contribution is 0.0265. The van der Waals surface area contributed by atoms with Crippen molar-refractivity contribution in [1.29, 1.82) is 0 Å². The topological polar surface area (TPSA) is 12.5 Å². The second-order valence-electron chi connectivity index (χ2n) is 7.00. The van der Waals surface area contributed by atoms with Gasteiger partial charge in [0, 0.05) is 21.2 Å². The number of ether oxygens (including phenoxy) is 1.